The molecule has 0 amide bonds. The maximum Gasteiger partial charge on any atom is 0.217 e. The van der Waals surface area contributed by atoms with Gasteiger partial charge in [0.05, 0.1) is 13.2 Å². The summed E-state index contributed by atoms with van der Waals surface area (Å²) >= 11 is 3.46. The first kappa shape index (κ1) is 11.8. The second kappa shape index (κ2) is 5.12. The van der Waals surface area contributed by atoms with Gasteiger partial charge in [0.15, 0.2) is 0 Å². The van der Waals surface area contributed by atoms with Gasteiger partial charge in [0.25, 0.3) is 0 Å². The standard InChI is InChI=1S/C11H16BrN3O/c1-15-4-3-13-7-10(15)9-5-8(12)6-14-11(9)16-2/h5-6,10,13H,3-4,7H2,1-2H3. The van der Waals surface area contributed by atoms with Gasteiger partial charge in [-0.15, -0.1) is 0 Å². The first-order chi connectivity index (χ1) is 7.72. The Morgan fingerprint density at radius 1 is 1.62 bits per heavy atom. The van der Waals surface area contributed by atoms with Gasteiger partial charge in [-0.1, -0.05) is 0 Å². The van der Waals surface area contributed by atoms with Crippen molar-refractivity contribution in [1.29, 1.82) is 0 Å². The van der Waals surface area contributed by atoms with E-state index >= 15 is 0 Å². The fourth-order valence-electron chi connectivity index (χ4n) is 2.00. The number of hydrogen-bond acceptors (Lipinski definition) is 4. The molecule has 0 spiro atoms. The molecule has 1 atom stereocenters. The molecule has 0 saturated carbocycles. The van der Waals surface area contributed by atoms with Crippen molar-refractivity contribution in [3.05, 3.63) is 22.3 Å². The number of nitrogens with zero attached hydrogens (tertiary/aromatic N) is 2. The van der Waals surface area contributed by atoms with Gasteiger partial charge < -0.3 is 10.1 Å². The number of rotatable bonds is 2. The van der Waals surface area contributed by atoms with Crippen molar-refractivity contribution < 1.29 is 4.74 Å². The van der Waals surface area contributed by atoms with Crippen molar-refractivity contribution in [3.8, 4) is 5.88 Å². The van der Waals surface area contributed by atoms with E-state index in [2.05, 4.69) is 44.2 Å². The number of nitrogens with one attached hydrogen (secondary N) is 1. The Balaban J connectivity index is 2.33. The van der Waals surface area contributed by atoms with Crippen LogP contribution in [-0.2, 0) is 0 Å². The number of halogens is 1. The number of ether oxygens (including phenoxy) is 1. The van der Waals surface area contributed by atoms with Crippen molar-refractivity contribution in [2.75, 3.05) is 33.8 Å². The van der Waals surface area contributed by atoms with Crippen LogP contribution in [0.3, 0.4) is 0 Å². The van der Waals surface area contributed by atoms with Crippen LogP contribution < -0.4 is 10.1 Å². The lowest BCUT2D eigenvalue weighted by Crippen LogP contribution is -2.43. The van der Waals surface area contributed by atoms with E-state index in [1.807, 2.05) is 0 Å². The predicted molar refractivity (Wildman–Crippen MR) is 66.7 cm³/mol. The molecule has 1 fully saturated rings. The van der Waals surface area contributed by atoms with Crippen LogP contribution in [0.25, 0.3) is 0 Å². The molecule has 88 valence electrons. The molecule has 1 unspecified atom stereocenters. The van der Waals surface area contributed by atoms with E-state index in [-0.39, 0.29) is 0 Å². The molecule has 2 rings (SSSR count). The lowest BCUT2D eigenvalue weighted by atomic mass is 10.1. The monoisotopic (exact) mass is 285 g/mol. The van der Waals surface area contributed by atoms with Crippen LogP contribution in [0.15, 0.2) is 16.7 Å². The minimum absolute atomic E-state index is 0.327. The molecule has 1 aliphatic heterocycles. The molecule has 16 heavy (non-hydrogen) atoms. The quantitative estimate of drug-likeness (QED) is 0.892. The summed E-state index contributed by atoms with van der Waals surface area (Å²) in [6.45, 7) is 3.02. The zero-order valence-electron chi connectivity index (χ0n) is 9.53. The zero-order chi connectivity index (χ0) is 11.5. The maximum atomic E-state index is 5.32. The minimum atomic E-state index is 0.327. The van der Waals surface area contributed by atoms with E-state index in [0.29, 0.717) is 11.9 Å². The number of aromatic nitrogens is 1. The van der Waals surface area contributed by atoms with E-state index in [0.717, 1.165) is 29.7 Å². The van der Waals surface area contributed by atoms with E-state index in [1.54, 1.807) is 13.3 Å². The molecule has 1 aromatic heterocycles. The highest BCUT2D eigenvalue weighted by molar-refractivity contribution is 9.10. The van der Waals surface area contributed by atoms with Gasteiger partial charge in [0.2, 0.25) is 5.88 Å². The summed E-state index contributed by atoms with van der Waals surface area (Å²) in [7, 11) is 3.79. The molecule has 1 saturated heterocycles. The number of methoxy groups -OCH3 is 1. The summed E-state index contributed by atoms with van der Waals surface area (Å²) in [5.74, 6) is 0.712. The Hall–Kier alpha value is -0.650. The third kappa shape index (κ3) is 2.36. The SMILES string of the molecule is COc1ncc(Br)cc1C1CNCCN1C. The second-order valence-corrected chi connectivity index (χ2v) is 4.87. The topological polar surface area (TPSA) is 37.4 Å². The van der Waals surface area contributed by atoms with Crippen molar-refractivity contribution in [2.24, 2.45) is 0 Å². The number of pyridine rings is 1. The Morgan fingerprint density at radius 3 is 3.12 bits per heavy atom. The van der Waals surface area contributed by atoms with E-state index in [9.17, 15) is 0 Å². The molecule has 1 aliphatic rings. The average Bonchev–Trinajstić information content (AvgIpc) is 2.29. The van der Waals surface area contributed by atoms with E-state index < -0.39 is 0 Å². The minimum Gasteiger partial charge on any atom is -0.481 e. The summed E-state index contributed by atoms with van der Waals surface area (Å²) in [6, 6.07) is 2.41. The first-order valence-electron chi connectivity index (χ1n) is 5.32. The molecule has 1 aromatic rings. The zero-order valence-corrected chi connectivity index (χ0v) is 11.1. The lowest BCUT2D eigenvalue weighted by molar-refractivity contribution is 0.197. The van der Waals surface area contributed by atoms with Crippen molar-refractivity contribution in [1.82, 2.24) is 15.2 Å². The molecule has 0 aliphatic carbocycles. The summed E-state index contributed by atoms with van der Waals surface area (Å²) in [6.07, 6.45) is 1.76. The first-order valence-corrected chi connectivity index (χ1v) is 6.12. The molecule has 2 heterocycles. The molecular formula is C11H16BrN3O. The molecule has 0 bridgehead atoms. The highest BCUT2D eigenvalue weighted by Crippen LogP contribution is 2.29. The maximum absolute atomic E-state index is 5.32. The van der Waals surface area contributed by atoms with Crippen LogP contribution in [0, 0.1) is 0 Å². The molecule has 4 nitrogen and oxygen atoms in total. The normalized spacial score (nSPS) is 22.1. The van der Waals surface area contributed by atoms with E-state index in [4.69, 9.17) is 4.74 Å². The largest absolute Gasteiger partial charge is 0.481 e. The van der Waals surface area contributed by atoms with Crippen LogP contribution in [0.4, 0.5) is 0 Å². The van der Waals surface area contributed by atoms with Gasteiger partial charge >= 0.3 is 0 Å². The molecule has 0 aromatic carbocycles. The van der Waals surface area contributed by atoms with Gasteiger partial charge in [0, 0.05) is 35.9 Å². The third-order valence-electron chi connectivity index (χ3n) is 2.91. The fraction of sp³-hybridized carbons (Fsp3) is 0.545. The van der Waals surface area contributed by atoms with Gasteiger partial charge in [-0.05, 0) is 29.0 Å². The van der Waals surface area contributed by atoms with Crippen LogP contribution in [0.2, 0.25) is 0 Å². The molecule has 0 radical (unpaired) electrons. The molecular weight excluding hydrogens is 270 g/mol. The van der Waals surface area contributed by atoms with E-state index in [1.165, 1.54) is 0 Å². The number of piperazine rings is 1. The Labute approximate surface area is 104 Å². The summed E-state index contributed by atoms with van der Waals surface area (Å²) in [4.78, 5) is 6.60. The number of likely N-dealkylation sites (N-methyl/N-ethyl adjacent to an activating group) is 1. The molecule has 5 heteroatoms. The van der Waals surface area contributed by atoms with Crippen LogP contribution in [0.1, 0.15) is 11.6 Å². The molecule has 1 N–H and O–H groups in total. The highest BCUT2D eigenvalue weighted by atomic mass is 79.9. The Kier molecular flexibility index (Phi) is 3.78. The van der Waals surface area contributed by atoms with Crippen LogP contribution in [0.5, 0.6) is 5.88 Å². The van der Waals surface area contributed by atoms with Crippen LogP contribution >= 0.6 is 15.9 Å². The van der Waals surface area contributed by atoms with Crippen molar-refractivity contribution >= 4 is 15.9 Å². The Morgan fingerprint density at radius 2 is 2.44 bits per heavy atom. The van der Waals surface area contributed by atoms with Gasteiger partial charge in [-0.25, -0.2) is 4.98 Å². The van der Waals surface area contributed by atoms with Crippen molar-refractivity contribution in [3.63, 3.8) is 0 Å². The fourth-order valence-corrected chi connectivity index (χ4v) is 2.35. The van der Waals surface area contributed by atoms with Gasteiger partial charge in [-0.2, -0.15) is 0 Å². The average molecular weight is 286 g/mol. The van der Waals surface area contributed by atoms with Crippen LogP contribution in [-0.4, -0.2) is 43.7 Å². The Bertz CT molecular complexity index is 372. The summed E-state index contributed by atoms with van der Waals surface area (Å²) in [5, 5.41) is 3.39. The predicted octanol–water partition coefficient (Wildman–Crippen LogP) is 1.43. The number of hydrogen-bond donors (Lipinski definition) is 1. The third-order valence-corrected chi connectivity index (χ3v) is 3.34. The highest BCUT2D eigenvalue weighted by Gasteiger charge is 2.24. The smallest absolute Gasteiger partial charge is 0.217 e. The van der Waals surface area contributed by atoms with Gasteiger partial charge in [0.1, 0.15) is 0 Å². The summed E-state index contributed by atoms with van der Waals surface area (Å²) < 4.78 is 6.30. The lowest BCUT2D eigenvalue weighted by Gasteiger charge is -2.33. The second-order valence-electron chi connectivity index (χ2n) is 3.95. The van der Waals surface area contributed by atoms with Crippen molar-refractivity contribution in [2.45, 2.75) is 6.04 Å². The van der Waals surface area contributed by atoms with Gasteiger partial charge in [-0.3, -0.25) is 4.90 Å². The summed E-state index contributed by atoms with van der Waals surface area (Å²) in [5.41, 5.74) is 1.13.